The number of aliphatic hydroxyl groups excluding tert-OH is 11. The summed E-state index contributed by atoms with van der Waals surface area (Å²) in [5, 5.41) is 115. The number of esters is 1. The van der Waals surface area contributed by atoms with E-state index in [1.54, 1.807) is 0 Å². The van der Waals surface area contributed by atoms with Crippen molar-refractivity contribution < 1.29 is 89.4 Å². The fourth-order valence-electron chi connectivity index (χ4n) is 14.7. The second-order valence-corrected chi connectivity index (χ2v) is 22.9. The molecule has 4 saturated carbocycles. The van der Waals surface area contributed by atoms with Crippen LogP contribution in [0.4, 0.5) is 0 Å². The number of carbonyl (C=O) groups excluding carboxylic acids is 1. The standard InChI is InChI=1S/C47H76O18/c1-43(2)15-16-47(42(59)65-40-36(57)34(55)31(52)25(19-49)61-40)14-9-22-21(23(47)17-43)7-8-28-45(22,5)12-10-27-44(3,4)29(11-13-46(27,28)6)63-41-37(58)38(32(53)26(20-50)62-41)64-39-35(56)33(54)30(51)24(18-48)60-39/h7,22-41,48-58H,8-20H2,1-6H3/t22?,23-,24-,25-,26-,27?,28+,29?,30-,31-,32-,33+,34+,35-,36-,37-,38+,39+,40+,41+,45+,46+,47-/m1/s1. The first-order valence-corrected chi connectivity index (χ1v) is 23.9. The average molecular weight is 929 g/mol. The molecule has 5 aliphatic carbocycles. The zero-order valence-corrected chi connectivity index (χ0v) is 38.6. The van der Waals surface area contributed by atoms with Gasteiger partial charge in [0.25, 0.3) is 0 Å². The van der Waals surface area contributed by atoms with Gasteiger partial charge in [-0.15, -0.1) is 0 Å². The van der Waals surface area contributed by atoms with Gasteiger partial charge in [0.15, 0.2) is 12.6 Å². The van der Waals surface area contributed by atoms with Crippen LogP contribution >= 0.6 is 0 Å². The molecule has 65 heavy (non-hydrogen) atoms. The van der Waals surface area contributed by atoms with Crippen LogP contribution in [-0.4, -0.2) is 180 Å². The molecule has 3 saturated heterocycles. The van der Waals surface area contributed by atoms with Crippen LogP contribution < -0.4 is 0 Å². The second-order valence-electron chi connectivity index (χ2n) is 22.9. The molecule has 3 unspecified atom stereocenters. The largest absolute Gasteiger partial charge is 0.432 e. The fraction of sp³-hybridized carbons (Fsp3) is 0.936. The maximum Gasteiger partial charge on any atom is 0.315 e. The molecule has 7 fully saturated rings. The van der Waals surface area contributed by atoms with E-state index in [1.807, 2.05) is 0 Å². The number of carbonyl (C=O) groups is 1. The highest BCUT2D eigenvalue weighted by Crippen LogP contribution is 2.72. The van der Waals surface area contributed by atoms with Crippen molar-refractivity contribution in [2.75, 3.05) is 19.8 Å². The van der Waals surface area contributed by atoms with E-state index in [9.17, 15) is 61.0 Å². The fourth-order valence-corrected chi connectivity index (χ4v) is 14.7. The SMILES string of the molecule is CC1(C)CC[C@]2(C(=O)O[C@@H]3O[C@H](CO)[C@@H](O)[C@H](O)[C@H]3O)CCC3C(=CC[C@H]4[C@@]3(C)CCC3C(C)(C)C(O[C@@H]5O[C@H](CO)[C@@H](O)[C@H](O[C@@H]6O[C@H](CO)[C@@H](O)[C@H](O)[C@H]6O)[C@H]5O)CC[C@@]34C)[C@H]2C1. The Morgan fingerprint density at radius 3 is 1.75 bits per heavy atom. The van der Waals surface area contributed by atoms with Crippen molar-refractivity contribution in [3.63, 3.8) is 0 Å². The van der Waals surface area contributed by atoms with Crippen LogP contribution in [-0.2, 0) is 33.2 Å². The molecular formula is C47H76O18. The van der Waals surface area contributed by atoms with Crippen LogP contribution in [0.2, 0.25) is 0 Å². The number of allylic oxidation sites excluding steroid dienone is 2. The van der Waals surface area contributed by atoms with Crippen LogP contribution in [0.15, 0.2) is 11.6 Å². The highest BCUT2D eigenvalue weighted by atomic mass is 16.7. The zero-order chi connectivity index (χ0) is 47.3. The third-order valence-corrected chi connectivity index (χ3v) is 18.5. The molecule has 8 aliphatic rings. The Bertz CT molecular complexity index is 1740. The van der Waals surface area contributed by atoms with Crippen molar-refractivity contribution >= 4 is 5.97 Å². The lowest BCUT2D eigenvalue weighted by Gasteiger charge is -2.68. The summed E-state index contributed by atoms with van der Waals surface area (Å²) in [4.78, 5) is 14.6. The highest BCUT2D eigenvalue weighted by molar-refractivity contribution is 5.79. The Morgan fingerprint density at radius 2 is 1.14 bits per heavy atom. The number of rotatable bonds is 9. The van der Waals surface area contributed by atoms with E-state index in [0.717, 1.165) is 44.9 Å². The molecule has 0 spiro atoms. The molecule has 18 nitrogen and oxygen atoms in total. The second kappa shape index (κ2) is 18.1. The van der Waals surface area contributed by atoms with Gasteiger partial charge in [-0.3, -0.25) is 4.79 Å². The quantitative estimate of drug-likeness (QED) is 0.0808. The summed E-state index contributed by atoms with van der Waals surface area (Å²) in [5.74, 6) is 0.116. The van der Waals surface area contributed by atoms with Crippen molar-refractivity contribution in [1.29, 1.82) is 0 Å². The minimum absolute atomic E-state index is 0.0406. The Hall–Kier alpha value is -1.43. The van der Waals surface area contributed by atoms with Gasteiger partial charge < -0.3 is 84.6 Å². The summed E-state index contributed by atoms with van der Waals surface area (Å²) in [7, 11) is 0. The maximum absolute atomic E-state index is 14.6. The number of hydrogen-bond donors (Lipinski definition) is 11. The van der Waals surface area contributed by atoms with E-state index < -0.39 is 135 Å². The normalized spacial score (nSPS) is 52.8. The van der Waals surface area contributed by atoms with E-state index in [2.05, 4.69) is 47.6 Å². The van der Waals surface area contributed by atoms with Gasteiger partial charge in [0.05, 0.1) is 31.3 Å². The Kier molecular flexibility index (Phi) is 13.9. The lowest BCUT2D eigenvalue weighted by molar-refractivity contribution is -0.369. The Balaban J connectivity index is 1.00. The Morgan fingerprint density at radius 1 is 0.585 bits per heavy atom. The molecular weight excluding hydrogens is 852 g/mol. The predicted octanol–water partition coefficient (Wildman–Crippen LogP) is -0.250. The topological polar surface area (TPSA) is 295 Å². The minimum Gasteiger partial charge on any atom is -0.432 e. The summed E-state index contributed by atoms with van der Waals surface area (Å²) in [6.45, 7) is 11.7. The predicted molar refractivity (Wildman–Crippen MR) is 226 cm³/mol. The average Bonchev–Trinajstić information content (AvgIpc) is 3.26. The van der Waals surface area contributed by atoms with Crippen LogP contribution in [0, 0.1) is 50.7 Å². The molecule has 11 N–H and O–H groups in total. The summed E-state index contributed by atoms with van der Waals surface area (Å²) in [6, 6.07) is 0. The van der Waals surface area contributed by atoms with Crippen LogP contribution in [0.25, 0.3) is 0 Å². The van der Waals surface area contributed by atoms with Crippen molar-refractivity contribution in [3.8, 4) is 0 Å². The third kappa shape index (κ3) is 8.18. The number of hydrogen-bond acceptors (Lipinski definition) is 18. The van der Waals surface area contributed by atoms with E-state index in [1.165, 1.54) is 5.57 Å². The molecule has 372 valence electrons. The first-order valence-electron chi connectivity index (χ1n) is 23.9. The van der Waals surface area contributed by atoms with Gasteiger partial charge in [-0.2, -0.15) is 0 Å². The molecule has 18 heteroatoms. The number of ether oxygens (including phenoxy) is 6. The van der Waals surface area contributed by atoms with Gasteiger partial charge in [-0.1, -0.05) is 53.2 Å². The summed E-state index contributed by atoms with van der Waals surface area (Å²) in [5.41, 5.74) is -0.253. The number of aliphatic hydroxyl groups is 11. The van der Waals surface area contributed by atoms with Crippen molar-refractivity contribution in [2.45, 2.75) is 204 Å². The van der Waals surface area contributed by atoms with E-state index in [-0.39, 0.29) is 34.0 Å². The van der Waals surface area contributed by atoms with Crippen LogP contribution in [0.3, 0.4) is 0 Å². The Labute approximate surface area is 380 Å². The first kappa shape index (κ1) is 50.0. The van der Waals surface area contributed by atoms with Gasteiger partial charge in [0.2, 0.25) is 6.29 Å². The molecule has 8 rings (SSSR count). The molecule has 0 bridgehead atoms. The summed E-state index contributed by atoms with van der Waals surface area (Å²) < 4.78 is 35.6. The molecule has 0 aromatic rings. The van der Waals surface area contributed by atoms with Crippen molar-refractivity contribution in [3.05, 3.63) is 11.6 Å². The molecule has 23 atom stereocenters. The van der Waals surface area contributed by atoms with Gasteiger partial charge in [-0.25, -0.2) is 0 Å². The van der Waals surface area contributed by atoms with Gasteiger partial charge in [-0.05, 0) is 110 Å². The maximum atomic E-state index is 14.6. The third-order valence-electron chi connectivity index (χ3n) is 18.5. The zero-order valence-electron chi connectivity index (χ0n) is 38.6. The summed E-state index contributed by atoms with van der Waals surface area (Å²) in [6.07, 6.45) is -13.5. The minimum atomic E-state index is -1.79. The van der Waals surface area contributed by atoms with Gasteiger partial charge in [0.1, 0.15) is 73.2 Å². The van der Waals surface area contributed by atoms with Gasteiger partial charge in [0, 0.05) is 0 Å². The summed E-state index contributed by atoms with van der Waals surface area (Å²) >= 11 is 0. The van der Waals surface area contributed by atoms with Crippen molar-refractivity contribution in [2.24, 2.45) is 50.7 Å². The molecule has 3 heterocycles. The van der Waals surface area contributed by atoms with Crippen LogP contribution in [0.5, 0.6) is 0 Å². The first-order chi connectivity index (χ1) is 30.5. The molecule has 0 aromatic carbocycles. The highest BCUT2D eigenvalue weighted by Gasteiger charge is 2.67. The van der Waals surface area contributed by atoms with E-state index in [0.29, 0.717) is 25.2 Å². The molecule has 0 radical (unpaired) electrons. The lowest BCUT2D eigenvalue weighted by Crippen LogP contribution is -2.66. The van der Waals surface area contributed by atoms with Gasteiger partial charge >= 0.3 is 5.97 Å². The van der Waals surface area contributed by atoms with E-state index in [4.69, 9.17) is 28.4 Å². The number of fused-ring (bicyclic) bond motifs is 7. The monoisotopic (exact) mass is 929 g/mol. The molecule has 0 amide bonds. The molecule has 3 aliphatic heterocycles. The smallest absolute Gasteiger partial charge is 0.315 e. The van der Waals surface area contributed by atoms with Crippen molar-refractivity contribution in [1.82, 2.24) is 0 Å². The lowest BCUT2D eigenvalue weighted by atomic mass is 9.37. The molecule has 0 aromatic heterocycles. The van der Waals surface area contributed by atoms with Crippen LogP contribution in [0.1, 0.15) is 106 Å². The van der Waals surface area contributed by atoms with E-state index >= 15 is 0 Å².